The second kappa shape index (κ2) is 7.01. The van der Waals surface area contributed by atoms with E-state index in [1.165, 1.54) is 12.8 Å². The summed E-state index contributed by atoms with van der Waals surface area (Å²) in [4.78, 5) is 9.95. The lowest BCUT2D eigenvalue weighted by molar-refractivity contribution is -0.384. The van der Waals surface area contributed by atoms with Crippen molar-refractivity contribution < 1.29 is 18.1 Å². The zero-order valence-corrected chi connectivity index (χ0v) is 13.5. The van der Waals surface area contributed by atoms with Crippen molar-refractivity contribution in [2.45, 2.75) is 23.5 Å². The fourth-order valence-corrected chi connectivity index (χ4v) is 4.36. The molecule has 7 nitrogen and oxygen atoms in total. The van der Waals surface area contributed by atoms with Crippen molar-refractivity contribution in [1.29, 1.82) is 0 Å². The number of sulfonamides is 1. The van der Waals surface area contributed by atoms with Crippen LogP contribution >= 0.6 is 22.9 Å². The van der Waals surface area contributed by atoms with Crippen molar-refractivity contribution in [2.75, 3.05) is 19.8 Å². The standard InChI is InChI=1S/C11H15ClN2O5S2/c12-11-9(14(15)16)6-10(20-11)21(17,18)13-4-1-5-19-7-8-2-3-8/h6,8,13H,1-5,7H2. The minimum Gasteiger partial charge on any atom is -0.381 e. The smallest absolute Gasteiger partial charge is 0.300 e. The first-order chi connectivity index (χ1) is 9.90. The topological polar surface area (TPSA) is 98.5 Å². The molecule has 0 amide bonds. The van der Waals surface area contributed by atoms with Crippen LogP contribution in [-0.4, -0.2) is 33.1 Å². The van der Waals surface area contributed by atoms with E-state index in [9.17, 15) is 18.5 Å². The predicted molar refractivity (Wildman–Crippen MR) is 79.3 cm³/mol. The number of thiophene rings is 1. The third-order valence-corrected chi connectivity index (χ3v) is 6.19. The van der Waals surface area contributed by atoms with Crippen LogP contribution in [-0.2, 0) is 14.8 Å². The van der Waals surface area contributed by atoms with Gasteiger partial charge in [0, 0.05) is 25.8 Å². The van der Waals surface area contributed by atoms with Crippen molar-refractivity contribution in [2.24, 2.45) is 5.92 Å². The van der Waals surface area contributed by atoms with Crippen LogP contribution in [0.25, 0.3) is 0 Å². The fraction of sp³-hybridized carbons (Fsp3) is 0.636. The summed E-state index contributed by atoms with van der Waals surface area (Å²) in [7, 11) is -3.76. The largest absolute Gasteiger partial charge is 0.381 e. The highest BCUT2D eigenvalue weighted by Crippen LogP contribution is 2.36. The van der Waals surface area contributed by atoms with Crippen LogP contribution in [0.5, 0.6) is 0 Å². The van der Waals surface area contributed by atoms with E-state index in [0.717, 1.165) is 12.7 Å². The summed E-state index contributed by atoms with van der Waals surface area (Å²) in [6.45, 7) is 1.44. The molecule has 2 rings (SSSR count). The molecule has 0 aromatic carbocycles. The van der Waals surface area contributed by atoms with Gasteiger partial charge in [-0.3, -0.25) is 10.1 Å². The van der Waals surface area contributed by atoms with E-state index in [1.807, 2.05) is 0 Å². The maximum Gasteiger partial charge on any atom is 0.300 e. The molecular weight excluding hydrogens is 340 g/mol. The van der Waals surface area contributed by atoms with E-state index in [4.69, 9.17) is 16.3 Å². The second-order valence-electron chi connectivity index (χ2n) is 4.75. The molecule has 10 heteroatoms. The Balaban J connectivity index is 1.80. The maximum absolute atomic E-state index is 11.9. The molecule has 0 aliphatic heterocycles. The quantitative estimate of drug-likeness (QED) is 0.417. The van der Waals surface area contributed by atoms with Gasteiger partial charge in [0.15, 0.2) is 4.34 Å². The average Bonchev–Trinajstić information content (AvgIpc) is 3.13. The van der Waals surface area contributed by atoms with Crippen LogP contribution < -0.4 is 4.72 Å². The number of nitro groups is 1. The normalized spacial score (nSPS) is 15.3. The van der Waals surface area contributed by atoms with Crippen LogP contribution in [0.15, 0.2) is 10.3 Å². The lowest BCUT2D eigenvalue weighted by atomic mass is 10.4. The first kappa shape index (κ1) is 16.6. The molecule has 0 atom stereocenters. The first-order valence-corrected chi connectivity index (χ1v) is 9.09. The van der Waals surface area contributed by atoms with Gasteiger partial charge in [-0.15, -0.1) is 11.3 Å². The van der Waals surface area contributed by atoms with Gasteiger partial charge < -0.3 is 4.74 Å². The Kier molecular flexibility index (Phi) is 5.55. The molecule has 1 heterocycles. The molecule has 0 bridgehead atoms. The van der Waals surface area contributed by atoms with Gasteiger partial charge in [-0.25, -0.2) is 13.1 Å². The summed E-state index contributed by atoms with van der Waals surface area (Å²) in [5.74, 6) is 0.676. The summed E-state index contributed by atoms with van der Waals surface area (Å²) in [6, 6.07) is 0.971. The Morgan fingerprint density at radius 2 is 2.24 bits per heavy atom. The minimum absolute atomic E-state index is 0.145. The molecule has 21 heavy (non-hydrogen) atoms. The Morgan fingerprint density at radius 1 is 1.52 bits per heavy atom. The van der Waals surface area contributed by atoms with Crippen LogP contribution in [0.4, 0.5) is 5.69 Å². The first-order valence-electron chi connectivity index (χ1n) is 6.41. The molecule has 1 N–H and O–H groups in total. The van der Waals surface area contributed by atoms with Gasteiger partial charge in [-0.05, 0) is 25.2 Å². The van der Waals surface area contributed by atoms with Crippen LogP contribution in [0, 0.1) is 16.0 Å². The molecular formula is C11H15ClN2O5S2. The van der Waals surface area contributed by atoms with Crippen molar-refractivity contribution in [3.8, 4) is 0 Å². The fourth-order valence-electron chi connectivity index (χ4n) is 1.58. The van der Waals surface area contributed by atoms with Crippen LogP contribution in [0.3, 0.4) is 0 Å². The number of ether oxygens (including phenoxy) is 1. The van der Waals surface area contributed by atoms with Gasteiger partial charge in [0.05, 0.1) is 4.92 Å². The number of rotatable bonds is 9. The summed E-state index contributed by atoms with van der Waals surface area (Å²) in [5, 5.41) is 10.7. The number of nitrogens with one attached hydrogen (secondary N) is 1. The molecule has 1 aliphatic carbocycles. The third-order valence-electron chi connectivity index (χ3n) is 2.92. The molecule has 0 unspecified atom stereocenters. The monoisotopic (exact) mass is 354 g/mol. The van der Waals surface area contributed by atoms with E-state index in [2.05, 4.69) is 4.72 Å². The Labute approximate surface area is 131 Å². The SMILES string of the molecule is O=[N+]([O-])c1cc(S(=O)(=O)NCCCOCC2CC2)sc1Cl. The third kappa shape index (κ3) is 4.89. The van der Waals surface area contributed by atoms with Crippen molar-refractivity contribution in [3.05, 3.63) is 20.5 Å². The van der Waals surface area contributed by atoms with Gasteiger partial charge in [0.2, 0.25) is 10.0 Å². The average molecular weight is 355 g/mol. The number of halogens is 1. The summed E-state index contributed by atoms with van der Waals surface area (Å²) < 4.78 is 31.4. The van der Waals surface area contributed by atoms with E-state index in [1.54, 1.807) is 0 Å². The zero-order chi connectivity index (χ0) is 15.5. The minimum atomic E-state index is -3.76. The molecule has 1 saturated carbocycles. The second-order valence-corrected chi connectivity index (χ2v) is 8.40. The van der Waals surface area contributed by atoms with E-state index < -0.39 is 20.6 Å². The summed E-state index contributed by atoms with van der Waals surface area (Å²) in [5.41, 5.74) is -0.394. The number of nitrogens with zero attached hydrogens (tertiary/aromatic N) is 1. The molecule has 1 aromatic heterocycles. The van der Waals surface area contributed by atoms with E-state index in [0.29, 0.717) is 30.3 Å². The molecule has 0 saturated heterocycles. The lowest BCUT2D eigenvalue weighted by Gasteiger charge is -2.05. The molecule has 118 valence electrons. The van der Waals surface area contributed by atoms with Crippen molar-refractivity contribution in [3.63, 3.8) is 0 Å². The van der Waals surface area contributed by atoms with Crippen molar-refractivity contribution in [1.82, 2.24) is 4.72 Å². The highest BCUT2D eigenvalue weighted by molar-refractivity contribution is 7.91. The molecule has 1 aromatic rings. The van der Waals surface area contributed by atoms with E-state index in [-0.39, 0.29) is 15.1 Å². The molecule has 1 fully saturated rings. The van der Waals surface area contributed by atoms with Crippen LogP contribution in [0.2, 0.25) is 4.34 Å². The highest BCUT2D eigenvalue weighted by Gasteiger charge is 2.25. The maximum atomic E-state index is 11.9. The molecule has 1 aliphatic rings. The van der Waals surface area contributed by atoms with Crippen LogP contribution in [0.1, 0.15) is 19.3 Å². The Bertz CT molecular complexity index is 612. The Morgan fingerprint density at radius 3 is 2.81 bits per heavy atom. The number of hydrogen-bond acceptors (Lipinski definition) is 6. The molecule has 0 radical (unpaired) electrons. The Hall–Kier alpha value is -0.740. The summed E-state index contributed by atoms with van der Waals surface area (Å²) in [6.07, 6.45) is 2.97. The van der Waals surface area contributed by atoms with Gasteiger partial charge in [0.1, 0.15) is 4.21 Å². The van der Waals surface area contributed by atoms with Gasteiger partial charge in [-0.2, -0.15) is 0 Å². The van der Waals surface area contributed by atoms with Gasteiger partial charge in [0.25, 0.3) is 5.69 Å². The van der Waals surface area contributed by atoms with E-state index >= 15 is 0 Å². The van der Waals surface area contributed by atoms with Gasteiger partial charge >= 0.3 is 0 Å². The summed E-state index contributed by atoms with van der Waals surface area (Å²) >= 11 is 6.32. The lowest BCUT2D eigenvalue weighted by Crippen LogP contribution is -2.25. The highest BCUT2D eigenvalue weighted by atomic mass is 35.5. The molecule has 0 spiro atoms. The number of hydrogen-bond donors (Lipinski definition) is 1. The van der Waals surface area contributed by atoms with Crippen molar-refractivity contribution >= 4 is 38.6 Å². The van der Waals surface area contributed by atoms with Gasteiger partial charge in [-0.1, -0.05) is 11.6 Å². The zero-order valence-electron chi connectivity index (χ0n) is 11.1. The predicted octanol–water partition coefficient (Wildman–Crippen LogP) is 2.40.